The summed E-state index contributed by atoms with van der Waals surface area (Å²) in [6, 6.07) is 12.6. The average molecular weight is 536 g/mol. The van der Waals surface area contributed by atoms with E-state index in [4.69, 9.17) is 4.74 Å². The van der Waals surface area contributed by atoms with Crippen molar-refractivity contribution in [3.63, 3.8) is 0 Å². The van der Waals surface area contributed by atoms with Gasteiger partial charge in [-0.1, -0.05) is 30.3 Å². The summed E-state index contributed by atoms with van der Waals surface area (Å²) >= 11 is 0. The predicted octanol–water partition coefficient (Wildman–Crippen LogP) is 7.10. The molecule has 0 saturated carbocycles. The van der Waals surface area contributed by atoms with Crippen LogP contribution in [0.1, 0.15) is 5.56 Å². The molecule has 0 radical (unpaired) electrons. The molecular formula is C23H16F8N2O4. The Morgan fingerprint density at radius 2 is 1.46 bits per heavy atom. The van der Waals surface area contributed by atoms with Gasteiger partial charge in [-0.3, -0.25) is 10.1 Å². The van der Waals surface area contributed by atoms with Crippen LogP contribution < -0.4 is 9.64 Å². The molecule has 14 heteroatoms. The molecule has 198 valence electrons. The van der Waals surface area contributed by atoms with Crippen molar-refractivity contribution in [3.05, 3.63) is 88.5 Å². The normalized spacial score (nSPS) is 13.2. The summed E-state index contributed by atoms with van der Waals surface area (Å²) in [5, 5.41) is 20.9. The van der Waals surface area contributed by atoms with E-state index in [0.29, 0.717) is 17.0 Å². The molecule has 0 aromatic heterocycles. The van der Waals surface area contributed by atoms with E-state index in [1.54, 1.807) is 0 Å². The van der Waals surface area contributed by atoms with Crippen LogP contribution in [-0.2, 0) is 5.92 Å². The standard InChI is InChI=1S/C23H16F8N2O4/c24-21(25,23(29,30)31)14-5-3-6-15(11-14)32(13-20(34)22(26,27)28)16-7-4-8-17(12-16)37-19-10-2-1-9-18(19)33(35)36/h1-12,20,34H,13H2. The molecule has 0 amide bonds. The second-order valence-corrected chi connectivity index (χ2v) is 7.61. The molecule has 3 rings (SSSR count). The number of nitrogens with zero attached hydrogens (tertiary/aromatic N) is 2. The summed E-state index contributed by atoms with van der Waals surface area (Å²) in [6.45, 7) is -1.28. The molecule has 1 unspecified atom stereocenters. The van der Waals surface area contributed by atoms with Crippen molar-refractivity contribution in [2.45, 2.75) is 24.4 Å². The number of para-hydroxylation sites is 2. The lowest BCUT2D eigenvalue weighted by Gasteiger charge is -2.29. The van der Waals surface area contributed by atoms with Crippen LogP contribution in [0.15, 0.2) is 72.8 Å². The first-order chi connectivity index (χ1) is 17.1. The SMILES string of the molecule is O=[N+]([O-])c1ccccc1Oc1cccc(N(CC(O)C(F)(F)F)c2cccc(C(F)(F)C(F)(F)F)c2)c1. The molecule has 0 spiro atoms. The number of hydrogen-bond donors (Lipinski definition) is 1. The number of nitro groups is 1. The fourth-order valence-corrected chi connectivity index (χ4v) is 3.21. The zero-order chi connectivity index (χ0) is 27.6. The lowest BCUT2D eigenvalue weighted by Crippen LogP contribution is -2.39. The number of benzene rings is 3. The lowest BCUT2D eigenvalue weighted by molar-refractivity contribution is -0.385. The van der Waals surface area contributed by atoms with Gasteiger partial charge in [0.05, 0.1) is 11.5 Å². The molecule has 0 saturated heterocycles. The third-order valence-corrected chi connectivity index (χ3v) is 5.03. The molecule has 0 aliphatic rings. The summed E-state index contributed by atoms with van der Waals surface area (Å²) in [5.41, 5.74) is -2.69. The number of aliphatic hydroxyl groups is 1. The molecule has 0 bridgehead atoms. The largest absolute Gasteiger partial charge is 0.458 e. The number of halogens is 8. The minimum absolute atomic E-state index is 0.130. The van der Waals surface area contributed by atoms with Crippen molar-refractivity contribution < 1.29 is 49.9 Å². The molecule has 0 fully saturated rings. The van der Waals surface area contributed by atoms with Crippen molar-refractivity contribution in [2.24, 2.45) is 0 Å². The van der Waals surface area contributed by atoms with Gasteiger partial charge < -0.3 is 14.7 Å². The quantitative estimate of drug-likeness (QED) is 0.189. The van der Waals surface area contributed by atoms with E-state index in [1.807, 2.05) is 0 Å². The Balaban J connectivity index is 2.07. The molecule has 3 aromatic carbocycles. The molecule has 0 heterocycles. The maximum Gasteiger partial charge on any atom is 0.458 e. The molecule has 0 aliphatic heterocycles. The first kappa shape index (κ1) is 27.6. The Morgan fingerprint density at radius 3 is 2.05 bits per heavy atom. The summed E-state index contributed by atoms with van der Waals surface area (Å²) in [7, 11) is 0. The number of alkyl halides is 8. The van der Waals surface area contributed by atoms with Crippen LogP contribution >= 0.6 is 0 Å². The Bertz CT molecular complexity index is 1260. The Labute approximate surface area is 203 Å². The van der Waals surface area contributed by atoms with E-state index in [9.17, 15) is 50.3 Å². The van der Waals surface area contributed by atoms with E-state index in [0.717, 1.165) is 24.3 Å². The summed E-state index contributed by atoms with van der Waals surface area (Å²) < 4.78 is 111. The average Bonchev–Trinajstić information content (AvgIpc) is 2.81. The summed E-state index contributed by atoms with van der Waals surface area (Å²) in [6.07, 6.45) is -14.1. The first-order valence-electron chi connectivity index (χ1n) is 10.2. The lowest BCUT2D eigenvalue weighted by atomic mass is 10.1. The fraction of sp³-hybridized carbons (Fsp3) is 0.217. The number of ether oxygens (including phenoxy) is 1. The highest BCUT2D eigenvalue weighted by molar-refractivity contribution is 5.66. The van der Waals surface area contributed by atoms with Crippen molar-refractivity contribution in [3.8, 4) is 11.5 Å². The van der Waals surface area contributed by atoms with Crippen LogP contribution in [0.25, 0.3) is 0 Å². The Kier molecular flexibility index (Phi) is 7.62. The van der Waals surface area contributed by atoms with Crippen molar-refractivity contribution >= 4 is 17.1 Å². The minimum Gasteiger partial charge on any atom is -0.450 e. The third kappa shape index (κ3) is 6.25. The molecular weight excluding hydrogens is 520 g/mol. The number of hydrogen-bond acceptors (Lipinski definition) is 5. The van der Waals surface area contributed by atoms with Crippen LogP contribution in [-0.4, -0.2) is 35.0 Å². The van der Waals surface area contributed by atoms with Crippen molar-refractivity contribution in [1.29, 1.82) is 0 Å². The Hall–Kier alpha value is -3.94. The van der Waals surface area contributed by atoms with E-state index < -0.39 is 52.8 Å². The van der Waals surface area contributed by atoms with Gasteiger partial charge in [0, 0.05) is 29.1 Å². The highest BCUT2D eigenvalue weighted by atomic mass is 19.4. The first-order valence-corrected chi connectivity index (χ1v) is 10.2. The van der Waals surface area contributed by atoms with Gasteiger partial charge >= 0.3 is 24.0 Å². The molecule has 1 N–H and O–H groups in total. The van der Waals surface area contributed by atoms with Gasteiger partial charge in [-0.05, 0) is 30.3 Å². The van der Waals surface area contributed by atoms with Gasteiger partial charge in [-0.15, -0.1) is 0 Å². The van der Waals surface area contributed by atoms with Crippen LogP contribution in [0.4, 0.5) is 52.2 Å². The summed E-state index contributed by atoms with van der Waals surface area (Å²) in [4.78, 5) is 11.1. The van der Waals surface area contributed by atoms with Crippen LogP contribution in [0.5, 0.6) is 11.5 Å². The number of aliphatic hydroxyl groups excluding tert-OH is 1. The maximum atomic E-state index is 13.9. The Morgan fingerprint density at radius 1 is 0.865 bits per heavy atom. The number of anilines is 2. The van der Waals surface area contributed by atoms with Crippen molar-refractivity contribution in [2.75, 3.05) is 11.4 Å². The topological polar surface area (TPSA) is 75.8 Å². The highest BCUT2D eigenvalue weighted by Gasteiger charge is 2.58. The highest BCUT2D eigenvalue weighted by Crippen LogP contribution is 2.45. The molecule has 0 aliphatic carbocycles. The monoisotopic (exact) mass is 536 g/mol. The van der Waals surface area contributed by atoms with Crippen LogP contribution in [0.3, 0.4) is 0 Å². The molecule has 3 aromatic rings. The third-order valence-electron chi connectivity index (χ3n) is 5.03. The number of nitro benzene ring substituents is 1. The van der Waals surface area contributed by atoms with Crippen LogP contribution in [0, 0.1) is 10.1 Å². The molecule has 6 nitrogen and oxygen atoms in total. The minimum atomic E-state index is -5.97. The van der Waals surface area contributed by atoms with Gasteiger partial charge in [-0.25, -0.2) is 0 Å². The predicted molar refractivity (Wildman–Crippen MR) is 115 cm³/mol. The van der Waals surface area contributed by atoms with E-state index >= 15 is 0 Å². The second-order valence-electron chi connectivity index (χ2n) is 7.61. The fourth-order valence-electron chi connectivity index (χ4n) is 3.21. The van der Waals surface area contributed by atoms with Crippen LogP contribution in [0.2, 0.25) is 0 Å². The van der Waals surface area contributed by atoms with E-state index in [-0.39, 0.29) is 17.2 Å². The number of rotatable bonds is 8. The van der Waals surface area contributed by atoms with E-state index in [2.05, 4.69) is 0 Å². The van der Waals surface area contributed by atoms with Gasteiger partial charge in [-0.2, -0.15) is 35.1 Å². The zero-order valence-corrected chi connectivity index (χ0v) is 18.3. The van der Waals surface area contributed by atoms with Gasteiger partial charge in [0.15, 0.2) is 6.10 Å². The van der Waals surface area contributed by atoms with Gasteiger partial charge in [0.25, 0.3) is 0 Å². The summed E-state index contributed by atoms with van der Waals surface area (Å²) in [5.74, 6) is -5.66. The smallest absolute Gasteiger partial charge is 0.450 e. The van der Waals surface area contributed by atoms with Crippen molar-refractivity contribution in [1.82, 2.24) is 0 Å². The van der Waals surface area contributed by atoms with Gasteiger partial charge in [0.1, 0.15) is 5.75 Å². The second kappa shape index (κ2) is 10.2. The molecule has 37 heavy (non-hydrogen) atoms. The molecule has 1 atom stereocenters. The maximum absolute atomic E-state index is 13.9. The van der Waals surface area contributed by atoms with Gasteiger partial charge in [0.2, 0.25) is 5.75 Å². The van der Waals surface area contributed by atoms with E-state index in [1.165, 1.54) is 36.4 Å². The zero-order valence-electron chi connectivity index (χ0n) is 18.3.